The first kappa shape index (κ1) is 25.9. The van der Waals surface area contributed by atoms with Crippen molar-refractivity contribution in [2.45, 2.75) is 33.2 Å². The molecule has 2 amide bonds. The molecule has 0 saturated heterocycles. The Morgan fingerprint density at radius 2 is 1.48 bits per heavy atom. The molecule has 0 saturated carbocycles. The molecule has 0 radical (unpaired) electrons. The van der Waals surface area contributed by atoms with Gasteiger partial charge in [-0.05, 0) is 43.8 Å². The summed E-state index contributed by atoms with van der Waals surface area (Å²) >= 11 is 0. The maximum absolute atomic E-state index is 12.1. The van der Waals surface area contributed by atoms with E-state index < -0.39 is 6.04 Å². The molecule has 4 N–H and O–H groups in total. The second kappa shape index (κ2) is 11.3. The normalized spacial score (nSPS) is 11.8. The van der Waals surface area contributed by atoms with Crippen LogP contribution in [0.3, 0.4) is 0 Å². The van der Waals surface area contributed by atoms with E-state index in [2.05, 4.69) is 10.6 Å². The average molecular weight is 393 g/mol. The third kappa shape index (κ3) is 9.65. The molecule has 144 valence electrons. The highest BCUT2D eigenvalue weighted by molar-refractivity contribution is 5.96. The lowest BCUT2D eigenvalue weighted by Gasteiger charge is -2.25. The van der Waals surface area contributed by atoms with E-state index in [1.165, 1.54) is 0 Å². The van der Waals surface area contributed by atoms with Gasteiger partial charge in [-0.25, -0.2) is 0 Å². The number of rotatable bonds is 6. The van der Waals surface area contributed by atoms with Crippen LogP contribution >= 0.6 is 24.8 Å². The van der Waals surface area contributed by atoms with Gasteiger partial charge >= 0.3 is 0 Å². The van der Waals surface area contributed by atoms with Crippen molar-refractivity contribution in [2.24, 2.45) is 11.1 Å². The summed E-state index contributed by atoms with van der Waals surface area (Å²) in [7, 11) is 3.85. The highest BCUT2D eigenvalue weighted by Crippen LogP contribution is 2.20. The number of nitrogens with zero attached hydrogens (tertiary/aromatic N) is 1. The van der Waals surface area contributed by atoms with Crippen LogP contribution in [0.5, 0.6) is 0 Å². The van der Waals surface area contributed by atoms with Crippen LogP contribution in [-0.2, 0) is 9.59 Å². The molecule has 0 aliphatic rings. The zero-order valence-electron chi connectivity index (χ0n) is 15.5. The Hall–Kier alpha value is -1.34. The number of carbonyl (C=O) groups is 2. The van der Waals surface area contributed by atoms with Crippen LogP contribution < -0.4 is 16.4 Å². The Morgan fingerprint density at radius 3 is 1.88 bits per heavy atom. The summed E-state index contributed by atoms with van der Waals surface area (Å²) < 4.78 is 0. The Morgan fingerprint density at radius 1 is 1.04 bits per heavy atom. The van der Waals surface area contributed by atoms with Crippen LogP contribution in [0.15, 0.2) is 24.3 Å². The predicted molar refractivity (Wildman–Crippen MR) is 109 cm³/mol. The van der Waals surface area contributed by atoms with Gasteiger partial charge in [0.25, 0.3) is 0 Å². The fourth-order valence-corrected chi connectivity index (χ4v) is 1.80. The minimum atomic E-state index is -0.590. The number of halogens is 2. The summed E-state index contributed by atoms with van der Waals surface area (Å²) in [4.78, 5) is 25.8. The second-order valence-electron chi connectivity index (χ2n) is 7.01. The molecule has 25 heavy (non-hydrogen) atoms. The van der Waals surface area contributed by atoms with Crippen molar-refractivity contribution in [3.8, 4) is 0 Å². The van der Waals surface area contributed by atoms with Crippen molar-refractivity contribution in [1.82, 2.24) is 4.90 Å². The van der Waals surface area contributed by atoms with Gasteiger partial charge in [0, 0.05) is 24.3 Å². The van der Waals surface area contributed by atoms with Crippen molar-refractivity contribution in [2.75, 3.05) is 31.3 Å². The average Bonchev–Trinajstić information content (AvgIpc) is 2.45. The van der Waals surface area contributed by atoms with E-state index in [9.17, 15) is 9.59 Å². The van der Waals surface area contributed by atoms with E-state index in [0.29, 0.717) is 24.3 Å². The van der Waals surface area contributed by atoms with Gasteiger partial charge in [-0.3, -0.25) is 9.59 Å². The number of anilines is 2. The zero-order valence-corrected chi connectivity index (χ0v) is 17.1. The predicted octanol–water partition coefficient (Wildman–Crippen LogP) is 2.73. The third-order valence-corrected chi connectivity index (χ3v) is 3.44. The standard InChI is InChI=1S/C17H28N4O2.2ClH/c1-17(2,3)15(18)16(23)20-13-8-6-12(7-9-13)19-14(22)10-11-21(4)5;;/h6-9,15H,10-11,18H2,1-5H3,(H,19,22)(H,20,23);2*1H/t15-;;/m1../s1. The van der Waals surface area contributed by atoms with Crippen molar-refractivity contribution < 1.29 is 9.59 Å². The molecule has 0 aliphatic carbocycles. The molecule has 0 aromatic heterocycles. The first-order chi connectivity index (χ1) is 10.6. The fourth-order valence-electron chi connectivity index (χ4n) is 1.80. The van der Waals surface area contributed by atoms with Crippen LogP contribution in [-0.4, -0.2) is 43.4 Å². The molecule has 0 aliphatic heterocycles. The number of hydrogen-bond donors (Lipinski definition) is 3. The summed E-state index contributed by atoms with van der Waals surface area (Å²) in [5.74, 6) is -0.259. The maximum atomic E-state index is 12.1. The zero-order chi connectivity index (χ0) is 17.6. The van der Waals surface area contributed by atoms with Gasteiger partial charge in [-0.15, -0.1) is 24.8 Å². The van der Waals surface area contributed by atoms with Crippen molar-refractivity contribution >= 4 is 48.0 Å². The van der Waals surface area contributed by atoms with Gasteiger partial charge in [0.1, 0.15) is 0 Å². The number of amides is 2. The monoisotopic (exact) mass is 392 g/mol. The number of benzene rings is 1. The lowest BCUT2D eigenvalue weighted by Crippen LogP contribution is -2.45. The Balaban J connectivity index is 0. The summed E-state index contributed by atoms with van der Waals surface area (Å²) in [5.41, 5.74) is 6.98. The maximum Gasteiger partial charge on any atom is 0.241 e. The smallest absolute Gasteiger partial charge is 0.241 e. The first-order valence-electron chi connectivity index (χ1n) is 7.70. The molecule has 0 unspecified atom stereocenters. The van der Waals surface area contributed by atoms with E-state index >= 15 is 0 Å². The summed E-state index contributed by atoms with van der Waals surface area (Å²) in [6.07, 6.45) is 0.436. The van der Waals surface area contributed by atoms with E-state index in [1.807, 2.05) is 39.8 Å². The third-order valence-electron chi connectivity index (χ3n) is 3.44. The van der Waals surface area contributed by atoms with E-state index in [4.69, 9.17) is 5.73 Å². The molecule has 1 rings (SSSR count). The van der Waals surface area contributed by atoms with Gasteiger partial charge in [0.05, 0.1) is 6.04 Å². The van der Waals surface area contributed by atoms with E-state index in [-0.39, 0.29) is 42.0 Å². The van der Waals surface area contributed by atoms with Gasteiger partial charge in [-0.2, -0.15) is 0 Å². The summed E-state index contributed by atoms with van der Waals surface area (Å²) in [6, 6.07) is 6.41. The number of carbonyl (C=O) groups excluding carboxylic acids is 2. The minimum Gasteiger partial charge on any atom is -0.326 e. The highest BCUT2D eigenvalue weighted by atomic mass is 35.5. The van der Waals surface area contributed by atoms with Gasteiger partial charge in [0.2, 0.25) is 11.8 Å². The molecule has 0 bridgehead atoms. The number of nitrogens with two attached hydrogens (primary N) is 1. The summed E-state index contributed by atoms with van der Waals surface area (Å²) in [5, 5.41) is 5.61. The SMILES string of the molecule is CN(C)CCC(=O)Nc1ccc(NC(=O)[C@@H](N)C(C)(C)C)cc1.Cl.Cl. The van der Waals surface area contributed by atoms with Crippen LogP contribution in [0.1, 0.15) is 27.2 Å². The van der Waals surface area contributed by atoms with Crippen LogP contribution in [0.4, 0.5) is 11.4 Å². The van der Waals surface area contributed by atoms with Gasteiger partial charge < -0.3 is 21.3 Å². The second-order valence-corrected chi connectivity index (χ2v) is 7.01. The fraction of sp³-hybridized carbons (Fsp3) is 0.529. The Bertz CT molecular complexity index is 543. The molecule has 0 fully saturated rings. The lowest BCUT2D eigenvalue weighted by molar-refractivity contribution is -0.119. The Kier molecular flexibility index (Phi) is 11.7. The molecule has 1 aromatic carbocycles. The van der Waals surface area contributed by atoms with E-state index in [1.54, 1.807) is 24.3 Å². The molecule has 8 heteroatoms. The first-order valence-corrected chi connectivity index (χ1v) is 7.70. The summed E-state index contributed by atoms with van der Waals surface area (Å²) in [6.45, 7) is 6.46. The molecule has 1 atom stereocenters. The Labute approximate surface area is 162 Å². The van der Waals surface area contributed by atoms with Gasteiger partial charge in [-0.1, -0.05) is 20.8 Å². The topological polar surface area (TPSA) is 87.5 Å². The minimum absolute atomic E-state index is 0. The molecule has 6 nitrogen and oxygen atoms in total. The van der Waals surface area contributed by atoms with Crippen LogP contribution in [0.2, 0.25) is 0 Å². The molecular weight excluding hydrogens is 363 g/mol. The van der Waals surface area contributed by atoms with Gasteiger partial charge in [0.15, 0.2) is 0 Å². The quantitative estimate of drug-likeness (QED) is 0.694. The molecular formula is C17H30Cl2N4O2. The van der Waals surface area contributed by atoms with Crippen LogP contribution in [0.25, 0.3) is 0 Å². The van der Waals surface area contributed by atoms with E-state index in [0.717, 1.165) is 0 Å². The largest absolute Gasteiger partial charge is 0.326 e. The molecule has 0 heterocycles. The highest BCUT2D eigenvalue weighted by Gasteiger charge is 2.27. The van der Waals surface area contributed by atoms with Crippen molar-refractivity contribution in [1.29, 1.82) is 0 Å². The number of nitrogens with one attached hydrogen (secondary N) is 2. The lowest BCUT2D eigenvalue weighted by atomic mass is 9.87. The van der Waals surface area contributed by atoms with Crippen LogP contribution in [0, 0.1) is 5.41 Å². The number of hydrogen-bond acceptors (Lipinski definition) is 4. The van der Waals surface area contributed by atoms with Crippen molar-refractivity contribution in [3.05, 3.63) is 24.3 Å². The molecule has 0 spiro atoms. The molecule has 1 aromatic rings. The van der Waals surface area contributed by atoms with Crippen molar-refractivity contribution in [3.63, 3.8) is 0 Å².